The molecule has 1 saturated heterocycles. The molecule has 0 aromatic carbocycles. The van der Waals surface area contributed by atoms with Crippen LogP contribution in [0.4, 0.5) is 0 Å². The Morgan fingerprint density at radius 2 is 2.31 bits per heavy atom. The van der Waals surface area contributed by atoms with Gasteiger partial charge in [0.1, 0.15) is 0 Å². The van der Waals surface area contributed by atoms with Crippen molar-refractivity contribution < 1.29 is 9.53 Å². The maximum Gasteiger partial charge on any atom is 0.224 e. The van der Waals surface area contributed by atoms with Crippen LogP contribution in [0.5, 0.6) is 0 Å². The Hall–Kier alpha value is -0.610. The lowest BCUT2D eigenvalue weighted by molar-refractivity contribution is -0.134. The van der Waals surface area contributed by atoms with Crippen molar-refractivity contribution in [2.45, 2.75) is 32.7 Å². The molecule has 4 heteroatoms. The summed E-state index contributed by atoms with van der Waals surface area (Å²) in [5.74, 6) is 0.768. The highest BCUT2D eigenvalue weighted by Crippen LogP contribution is 2.17. The van der Waals surface area contributed by atoms with Gasteiger partial charge in [0.05, 0.1) is 13.0 Å². The van der Waals surface area contributed by atoms with Crippen LogP contribution in [0.1, 0.15) is 26.7 Å². The monoisotopic (exact) mass is 228 g/mol. The van der Waals surface area contributed by atoms with Gasteiger partial charge in [0.2, 0.25) is 5.91 Å². The summed E-state index contributed by atoms with van der Waals surface area (Å²) in [4.78, 5) is 13.8. The molecule has 0 aromatic rings. The number of rotatable bonds is 5. The van der Waals surface area contributed by atoms with Gasteiger partial charge in [-0.05, 0) is 26.3 Å². The Labute approximate surface area is 98.3 Å². The summed E-state index contributed by atoms with van der Waals surface area (Å²) in [5, 5.41) is 3.30. The summed E-state index contributed by atoms with van der Waals surface area (Å²) in [6.45, 7) is 7.13. The molecular formula is C12H24N2O2. The highest BCUT2D eigenvalue weighted by Gasteiger charge is 2.27. The topological polar surface area (TPSA) is 41.6 Å². The second-order valence-electron chi connectivity index (χ2n) is 4.45. The molecular weight excluding hydrogens is 204 g/mol. The Bertz CT molecular complexity index is 221. The standard InChI is InChI=1S/C12H24N2O2/c1-4-16-8-6-12(15)14-7-5-11(13-3)10(2)9-14/h10-11,13H,4-9H2,1-3H3. The number of piperidine rings is 1. The first-order valence-electron chi connectivity index (χ1n) is 6.21. The van der Waals surface area contributed by atoms with Crippen LogP contribution in [0.2, 0.25) is 0 Å². The molecule has 0 saturated carbocycles. The predicted molar refractivity (Wildman–Crippen MR) is 64.3 cm³/mol. The van der Waals surface area contributed by atoms with E-state index in [4.69, 9.17) is 4.74 Å². The molecule has 0 bridgehead atoms. The lowest BCUT2D eigenvalue weighted by Crippen LogP contribution is -2.49. The lowest BCUT2D eigenvalue weighted by Gasteiger charge is -2.36. The van der Waals surface area contributed by atoms with Crippen molar-refractivity contribution in [1.82, 2.24) is 10.2 Å². The predicted octanol–water partition coefficient (Wildman–Crippen LogP) is 0.869. The van der Waals surface area contributed by atoms with Crippen LogP contribution in [0.25, 0.3) is 0 Å². The first kappa shape index (κ1) is 13.5. The van der Waals surface area contributed by atoms with Crippen molar-refractivity contribution in [2.75, 3.05) is 33.4 Å². The van der Waals surface area contributed by atoms with Crippen molar-refractivity contribution in [1.29, 1.82) is 0 Å². The Balaban J connectivity index is 2.30. The zero-order valence-corrected chi connectivity index (χ0v) is 10.7. The van der Waals surface area contributed by atoms with E-state index < -0.39 is 0 Å². The second-order valence-corrected chi connectivity index (χ2v) is 4.45. The van der Waals surface area contributed by atoms with E-state index in [0.29, 0.717) is 31.6 Å². The minimum atomic E-state index is 0.231. The highest BCUT2D eigenvalue weighted by molar-refractivity contribution is 5.76. The molecule has 1 aliphatic rings. The number of nitrogens with zero attached hydrogens (tertiary/aromatic N) is 1. The fourth-order valence-electron chi connectivity index (χ4n) is 2.26. The number of ether oxygens (including phenoxy) is 1. The summed E-state index contributed by atoms with van der Waals surface area (Å²) in [7, 11) is 1.99. The molecule has 0 aliphatic carbocycles. The molecule has 4 nitrogen and oxygen atoms in total. The quantitative estimate of drug-likeness (QED) is 0.710. The molecule has 1 N–H and O–H groups in total. The zero-order chi connectivity index (χ0) is 12.0. The fraction of sp³-hybridized carbons (Fsp3) is 0.917. The smallest absolute Gasteiger partial charge is 0.224 e. The van der Waals surface area contributed by atoms with Crippen molar-refractivity contribution in [3.8, 4) is 0 Å². The molecule has 2 atom stereocenters. The summed E-state index contributed by atoms with van der Waals surface area (Å²) < 4.78 is 5.20. The first-order chi connectivity index (χ1) is 7.69. The van der Waals surface area contributed by atoms with Gasteiger partial charge in [-0.1, -0.05) is 6.92 Å². The number of hydrogen-bond acceptors (Lipinski definition) is 3. The fourth-order valence-corrected chi connectivity index (χ4v) is 2.26. The molecule has 0 radical (unpaired) electrons. The van der Waals surface area contributed by atoms with Crippen molar-refractivity contribution in [2.24, 2.45) is 5.92 Å². The van der Waals surface area contributed by atoms with E-state index in [0.717, 1.165) is 19.5 Å². The largest absolute Gasteiger partial charge is 0.381 e. The minimum Gasteiger partial charge on any atom is -0.381 e. The molecule has 0 aromatic heterocycles. The van der Waals surface area contributed by atoms with Crippen LogP contribution < -0.4 is 5.32 Å². The number of nitrogens with one attached hydrogen (secondary N) is 1. The van der Waals surface area contributed by atoms with Gasteiger partial charge in [0.25, 0.3) is 0 Å². The SMILES string of the molecule is CCOCCC(=O)N1CCC(NC)C(C)C1. The van der Waals surface area contributed by atoms with Gasteiger partial charge in [0, 0.05) is 25.7 Å². The van der Waals surface area contributed by atoms with Gasteiger partial charge in [0.15, 0.2) is 0 Å². The van der Waals surface area contributed by atoms with Crippen molar-refractivity contribution in [3.63, 3.8) is 0 Å². The van der Waals surface area contributed by atoms with E-state index >= 15 is 0 Å². The molecule has 16 heavy (non-hydrogen) atoms. The third-order valence-corrected chi connectivity index (χ3v) is 3.29. The molecule has 0 spiro atoms. The maximum absolute atomic E-state index is 11.8. The Kier molecular flexibility index (Phi) is 5.77. The number of hydrogen-bond donors (Lipinski definition) is 1. The van der Waals surface area contributed by atoms with Gasteiger partial charge in [-0.15, -0.1) is 0 Å². The van der Waals surface area contributed by atoms with Gasteiger partial charge in [-0.2, -0.15) is 0 Å². The van der Waals surface area contributed by atoms with Crippen molar-refractivity contribution >= 4 is 5.91 Å². The van der Waals surface area contributed by atoms with E-state index in [1.54, 1.807) is 0 Å². The molecule has 1 aliphatic heterocycles. The van der Waals surface area contributed by atoms with Crippen LogP contribution in [0.15, 0.2) is 0 Å². The summed E-state index contributed by atoms with van der Waals surface area (Å²) in [6.07, 6.45) is 1.57. The van der Waals surface area contributed by atoms with E-state index in [2.05, 4.69) is 12.2 Å². The Morgan fingerprint density at radius 1 is 1.56 bits per heavy atom. The third-order valence-electron chi connectivity index (χ3n) is 3.29. The summed E-state index contributed by atoms with van der Waals surface area (Å²) >= 11 is 0. The highest BCUT2D eigenvalue weighted by atomic mass is 16.5. The second kappa shape index (κ2) is 6.86. The van der Waals surface area contributed by atoms with E-state index in [9.17, 15) is 4.79 Å². The number of carbonyl (C=O) groups is 1. The minimum absolute atomic E-state index is 0.231. The van der Waals surface area contributed by atoms with Gasteiger partial charge < -0.3 is 15.0 Å². The van der Waals surface area contributed by atoms with Crippen LogP contribution >= 0.6 is 0 Å². The van der Waals surface area contributed by atoms with Crippen LogP contribution in [-0.4, -0.2) is 50.2 Å². The number of likely N-dealkylation sites (tertiary alicyclic amines) is 1. The third kappa shape index (κ3) is 3.76. The average Bonchev–Trinajstić information content (AvgIpc) is 2.29. The molecule has 1 fully saturated rings. The normalized spacial score (nSPS) is 25.8. The molecule has 94 valence electrons. The Morgan fingerprint density at radius 3 is 2.88 bits per heavy atom. The van der Waals surface area contributed by atoms with E-state index in [-0.39, 0.29) is 5.91 Å². The lowest BCUT2D eigenvalue weighted by atomic mass is 9.94. The van der Waals surface area contributed by atoms with Crippen molar-refractivity contribution in [3.05, 3.63) is 0 Å². The van der Waals surface area contributed by atoms with E-state index in [1.807, 2.05) is 18.9 Å². The van der Waals surface area contributed by atoms with Crippen LogP contribution in [0.3, 0.4) is 0 Å². The van der Waals surface area contributed by atoms with Crippen LogP contribution in [0, 0.1) is 5.92 Å². The van der Waals surface area contributed by atoms with Gasteiger partial charge in [-0.3, -0.25) is 4.79 Å². The average molecular weight is 228 g/mol. The maximum atomic E-state index is 11.8. The number of carbonyl (C=O) groups excluding carboxylic acids is 1. The molecule has 1 rings (SSSR count). The van der Waals surface area contributed by atoms with E-state index in [1.165, 1.54) is 0 Å². The van der Waals surface area contributed by atoms with Crippen LogP contribution in [-0.2, 0) is 9.53 Å². The number of amides is 1. The van der Waals surface area contributed by atoms with Gasteiger partial charge in [-0.25, -0.2) is 0 Å². The first-order valence-corrected chi connectivity index (χ1v) is 6.21. The molecule has 1 amide bonds. The summed E-state index contributed by atoms with van der Waals surface area (Å²) in [6, 6.07) is 0.552. The zero-order valence-electron chi connectivity index (χ0n) is 10.7. The summed E-state index contributed by atoms with van der Waals surface area (Å²) in [5.41, 5.74) is 0. The van der Waals surface area contributed by atoms with Gasteiger partial charge >= 0.3 is 0 Å². The molecule has 2 unspecified atom stereocenters. The molecule has 1 heterocycles.